The molecule has 0 saturated carbocycles. The number of ether oxygens (including phenoxy) is 3. The Labute approximate surface area is 142 Å². The molecule has 2 aromatic carbocycles. The highest BCUT2D eigenvalue weighted by Gasteiger charge is 2.22. The van der Waals surface area contributed by atoms with Crippen molar-refractivity contribution in [3.05, 3.63) is 54.1 Å². The van der Waals surface area contributed by atoms with Gasteiger partial charge in [-0.2, -0.15) is 0 Å². The van der Waals surface area contributed by atoms with E-state index in [-0.39, 0.29) is 6.10 Å². The maximum absolute atomic E-state index is 9.92. The molecule has 1 aliphatic rings. The first-order valence-electron chi connectivity index (χ1n) is 8.13. The zero-order chi connectivity index (χ0) is 16.8. The van der Waals surface area contributed by atoms with Crippen molar-refractivity contribution in [2.45, 2.75) is 12.6 Å². The summed E-state index contributed by atoms with van der Waals surface area (Å²) in [6.45, 7) is 3.45. The quantitative estimate of drug-likeness (QED) is 0.883. The normalized spacial score (nSPS) is 18.3. The average Bonchev–Trinajstić information content (AvgIpc) is 2.62. The number of morpholine rings is 1. The number of nitrogens with zero attached hydrogens (tertiary/aromatic N) is 1. The van der Waals surface area contributed by atoms with E-state index in [2.05, 4.69) is 4.90 Å². The molecular formula is C19H23NO4. The van der Waals surface area contributed by atoms with Crippen LogP contribution in [0.5, 0.6) is 17.2 Å². The van der Waals surface area contributed by atoms with Crippen LogP contribution in [0.2, 0.25) is 0 Å². The van der Waals surface area contributed by atoms with Crippen molar-refractivity contribution < 1.29 is 19.3 Å². The summed E-state index contributed by atoms with van der Waals surface area (Å²) in [5, 5.41) is 9.92. The third-order valence-corrected chi connectivity index (χ3v) is 4.10. The van der Waals surface area contributed by atoms with Crippen LogP contribution in [0, 0.1) is 0 Å². The Bertz CT molecular complexity index is 661. The summed E-state index contributed by atoms with van der Waals surface area (Å²) in [5.41, 5.74) is 0.934. The Hall–Kier alpha value is -2.24. The molecule has 3 rings (SSSR count). The number of hydrogen-bond acceptors (Lipinski definition) is 5. The number of phenols is 1. The second kappa shape index (κ2) is 8.04. The number of hydrogen-bond donors (Lipinski definition) is 1. The maximum Gasteiger partial charge on any atom is 0.161 e. The molecule has 1 aliphatic heterocycles. The molecule has 1 heterocycles. The first-order valence-corrected chi connectivity index (χ1v) is 8.13. The summed E-state index contributed by atoms with van der Waals surface area (Å²) >= 11 is 0. The molecule has 0 bridgehead atoms. The molecule has 0 spiro atoms. The zero-order valence-electron chi connectivity index (χ0n) is 13.9. The molecule has 1 saturated heterocycles. The van der Waals surface area contributed by atoms with Crippen LogP contribution in [0.1, 0.15) is 5.56 Å². The van der Waals surface area contributed by atoms with Gasteiger partial charge in [0.1, 0.15) is 18.5 Å². The van der Waals surface area contributed by atoms with Crippen LogP contribution in [0.25, 0.3) is 0 Å². The Balaban J connectivity index is 1.55. The second-order valence-corrected chi connectivity index (χ2v) is 5.82. The van der Waals surface area contributed by atoms with Crippen LogP contribution in [0.4, 0.5) is 0 Å². The van der Waals surface area contributed by atoms with Crippen LogP contribution in [0.3, 0.4) is 0 Å². The predicted octanol–water partition coefficient (Wildman–Crippen LogP) is 2.68. The maximum atomic E-state index is 9.92. The van der Waals surface area contributed by atoms with Crippen LogP contribution >= 0.6 is 0 Å². The minimum Gasteiger partial charge on any atom is -0.508 e. The molecule has 24 heavy (non-hydrogen) atoms. The zero-order valence-corrected chi connectivity index (χ0v) is 13.9. The second-order valence-electron chi connectivity index (χ2n) is 5.82. The number of aromatic hydroxyl groups is 1. The lowest BCUT2D eigenvalue weighted by molar-refractivity contribution is -0.0508. The van der Waals surface area contributed by atoms with E-state index < -0.39 is 0 Å². The number of rotatable bonds is 6. The lowest BCUT2D eigenvalue weighted by Gasteiger charge is -2.33. The summed E-state index contributed by atoms with van der Waals surface area (Å²) < 4.78 is 17.0. The molecule has 0 radical (unpaired) electrons. The van der Waals surface area contributed by atoms with Gasteiger partial charge < -0.3 is 19.3 Å². The van der Waals surface area contributed by atoms with E-state index in [1.165, 1.54) is 0 Å². The van der Waals surface area contributed by atoms with E-state index in [0.717, 1.165) is 30.2 Å². The first-order chi connectivity index (χ1) is 11.8. The Morgan fingerprint density at radius 1 is 1.12 bits per heavy atom. The number of phenolic OH excluding ortho intramolecular Hbond substituents is 1. The largest absolute Gasteiger partial charge is 0.508 e. The van der Waals surface area contributed by atoms with Crippen molar-refractivity contribution in [2.75, 3.05) is 33.4 Å². The van der Waals surface area contributed by atoms with Crippen molar-refractivity contribution >= 4 is 0 Å². The molecule has 5 nitrogen and oxygen atoms in total. The smallest absolute Gasteiger partial charge is 0.161 e. The van der Waals surface area contributed by atoms with Gasteiger partial charge in [0.15, 0.2) is 11.5 Å². The predicted molar refractivity (Wildman–Crippen MR) is 91.6 cm³/mol. The summed E-state index contributed by atoms with van der Waals surface area (Å²) in [4.78, 5) is 2.27. The fraction of sp³-hybridized carbons (Fsp3) is 0.368. The Morgan fingerprint density at radius 2 is 1.88 bits per heavy atom. The number of para-hydroxylation sites is 3. The summed E-state index contributed by atoms with van der Waals surface area (Å²) in [6.07, 6.45) is -0.00508. The van der Waals surface area contributed by atoms with Crippen molar-refractivity contribution in [3.8, 4) is 17.2 Å². The van der Waals surface area contributed by atoms with Gasteiger partial charge in [-0.15, -0.1) is 0 Å². The van der Waals surface area contributed by atoms with E-state index in [4.69, 9.17) is 14.2 Å². The molecule has 1 N–H and O–H groups in total. The Kier molecular flexibility index (Phi) is 5.56. The third-order valence-electron chi connectivity index (χ3n) is 4.10. The molecule has 5 heteroatoms. The van der Waals surface area contributed by atoms with E-state index in [1.807, 2.05) is 42.5 Å². The van der Waals surface area contributed by atoms with Crippen LogP contribution in [0.15, 0.2) is 48.5 Å². The minimum absolute atomic E-state index is 0.00508. The molecule has 0 amide bonds. The molecule has 0 aliphatic carbocycles. The van der Waals surface area contributed by atoms with Gasteiger partial charge in [0, 0.05) is 25.2 Å². The monoisotopic (exact) mass is 329 g/mol. The summed E-state index contributed by atoms with van der Waals surface area (Å²) in [6, 6.07) is 15.0. The number of methoxy groups -OCH3 is 1. The molecule has 1 atom stereocenters. The standard InChI is InChI=1S/C19H23NO4/c1-22-18-8-4-5-9-19(18)24-14-16-13-20(10-11-23-16)12-15-6-2-3-7-17(15)21/h2-9,16,21H,10-14H2,1H3/t16-/m0/s1. The molecule has 0 unspecified atom stereocenters. The van der Waals surface area contributed by atoms with E-state index in [1.54, 1.807) is 13.2 Å². The van der Waals surface area contributed by atoms with Gasteiger partial charge >= 0.3 is 0 Å². The van der Waals surface area contributed by atoms with E-state index >= 15 is 0 Å². The van der Waals surface area contributed by atoms with Gasteiger partial charge in [0.05, 0.1) is 13.7 Å². The average molecular weight is 329 g/mol. The van der Waals surface area contributed by atoms with Gasteiger partial charge in [0.2, 0.25) is 0 Å². The third kappa shape index (κ3) is 4.19. The van der Waals surface area contributed by atoms with Gasteiger partial charge in [-0.1, -0.05) is 30.3 Å². The van der Waals surface area contributed by atoms with Crippen LogP contribution in [-0.4, -0.2) is 49.5 Å². The Morgan fingerprint density at radius 3 is 2.67 bits per heavy atom. The van der Waals surface area contributed by atoms with E-state index in [9.17, 15) is 5.11 Å². The molecule has 0 aromatic heterocycles. The van der Waals surface area contributed by atoms with Crippen LogP contribution in [-0.2, 0) is 11.3 Å². The molecular weight excluding hydrogens is 306 g/mol. The summed E-state index contributed by atoms with van der Waals surface area (Å²) in [7, 11) is 1.63. The van der Waals surface area contributed by atoms with Crippen molar-refractivity contribution in [3.63, 3.8) is 0 Å². The lowest BCUT2D eigenvalue weighted by atomic mass is 10.1. The van der Waals surface area contributed by atoms with Gasteiger partial charge in [-0.05, 0) is 18.2 Å². The highest BCUT2D eigenvalue weighted by molar-refractivity contribution is 5.39. The summed E-state index contributed by atoms with van der Waals surface area (Å²) in [5.74, 6) is 1.78. The van der Waals surface area contributed by atoms with Crippen molar-refractivity contribution in [1.82, 2.24) is 4.90 Å². The lowest BCUT2D eigenvalue weighted by Crippen LogP contribution is -2.44. The minimum atomic E-state index is -0.00508. The fourth-order valence-corrected chi connectivity index (χ4v) is 2.83. The van der Waals surface area contributed by atoms with Crippen molar-refractivity contribution in [1.29, 1.82) is 0 Å². The fourth-order valence-electron chi connectivity index (χ4n) is 2.83. The highest BCUT2D eigenvalue weighted by atomic mass is 16.5. The van der Waals surface area contributed by atoms with Gasteiger partial charge in [-0.3, -0.25) is 4.90 Å². The topological polar surface area (TPSA) is 51.2 Å². The van der Waals surface area contributed by atoms with Gasteiger partial charge in [-0.25, -0.2) is 0 Å². The SMILES string of the molecule is COc1ccccc1OC[C@@H]1CN(Cc2ccccc2O)CCO1. The number of benzene rings is 2. The van der Waals surface area contributed by atoms with Gasteiger partial charge in [0.25, 0.3) is 0 Å². The molecule has 128 valence electrons. The molecule has 2 aromatic rings. The molecule has 1 fully saturated rings. The van der Waals surface area contributed by atoms with Crippen molar-refractivity contribution in [2.24, 2.45) is 0 Å². The first kappa shape index (κ1) is 16.6. The van der Waals surface area contributed by atoms with Crippen LogP contribution < -0.4 is 9.47 Å². The highest BCUT2D eigenvalue weighted by Crippen LogP contribution is 2.26. The van der Waals surface area contributed by atoms with E-state index in [0.29, 0.717) is 25.5 Å².